The SMILES string of the molecule is O=C1CCC(N2Cc3ccc(CN4CCC(C5CNCCO5)CC4)cc3C2=O)C(=O)N1. The van der Waals surface area contributed by atoms with Crippen LogP contribution in [0.4, 0.5) is 0 Å². The highest BCUT2D eigenvalue weighted by Gasteiger charge is 2.39. The van der Waals surface area contributed by atoms with Crippen LogP contribution in [-0.4, -0.2) is 72.5 Å². The third kappa shape index (κ3) is 4.24. The third-order valence-corrected chi connectivity index (χ3v) is 7.11. The zero-order valence-corrected chi connectivity index (χ0v) is 17.8. The predicted octanol–water partition coefficient (Wildman–Crippen LogP) is 0.648. The topological polar surface area (TPSA) is 91.0 Å². The molecule has 4 aliphatic heterocycles. The molecule has 0 spiro atoms. The molecular formula is C23H30N4O4. The zero-order chi connectivity index (χ0) is 21.4. The molecule has 2 atom stereocenters. The van der Waals surface area contributed by atoms with Gasteiger partial charge >= 0.3 is 0 Å². The molecule has 166 valence electrons. The third-order valence-electron chi connectivity index (χ3n) is 7.11. The van der Waals surface area contributed by atoms with Crippen molar-refractivity contribution < 1.29 is 19.1 Å². The van der Waals surface area contributed by atoms with Gasteiger partial charge < -0.3 is 15.0 Å². The average molecular weight is 427 g/mol. The number of carbonyl (C=O) groups excluding carboxylic acids is 3. The van der Waals surface area contributed by atoms with Gasteiger partial charge in [0.1, 0.15) is 6.04 Å². The molecule has 3 amide bonds. The van der Waals surface area contributed by atoms with Crippen molar-refractivity contribution in [1.82, 2.24) is 20.4 Å². The van der Waals surface area contributed by atoms with E-state index in [1.54, 1.807) is 4.90 Å². The van der Waals surface area contributed by atoms with Crippen LogP contribution in [0.3, 0.4) is 0 Å². The molecule has 0 aromatic heterocycles. The molecule has 4 heterocycles. The second kappa shape index (κ2) is 8.68. The fourth-order valence-electron chi connectivity index (χ4n) is 5.33. The first-order valence-electron chi connectivity index (χ1n) is 11.4. The Balaban J connectivity index is 1.19. The number of imide groups is 1. The lowest BCUT2D eigenvalue weighted by molar-refractivity contribution is -0.136. The molecule has 2 unspecified atom stereocenters. The molecule has 1 aromatic carbocycles. The average Bonchev–Trinajstić information content (AvgIpc) is 3.11. The largest absolute Gasteiger partial charge is 0.375 e. The van der Waals surface area contributed by atoms with Gasteiger partial charge in [-0.1, -0.05) is 12.1 Å². The highest BCUT2D eigenvalue weighted by Crippen LogP contribution is 2.29. The normalized spacial score (nSPS) is 28.0. The number of hydrogen-bond acceptors (Lipinski definition) is 6. The molecule has 4 aliphatic rings. The van der Waals surface area contributed by atoms with Crippen molar-refractivity contribution in [2.24, 2.45) is 5.92 Å². The van der Waals surface area contributed by atoms with Crippen molar-refractivity contribution in [2.75, 3.05) is 32.8 Å². The Bertz CT molecular complexity index is 874. The molecule has 5 rings (SSSR count). The first-order valence-corrected chi connectivity index (χ1v) is 11.4. The molecule has 2 N–H and O–H groups in total. The number of fused-ring (bicyclic) bond motifs is 1. The maximum Gasteiger partial charge on any atom is 0.255 e. The van der Waals surface area contributed by atoms with E-state index in [2.05, 4.69) is 21.6 Å². The number of nitrogens with one attached hydrogen (secondary N) is 2. The van der Waals surface area contributed by atoms with Crippen LogP contribution in [0.1, 0.15) is 47.2 Å². The molecule has 8 nitrogen and oxygen atoms in total. The Labute approximate surface area is 182 Å². The summed E-state index contributed by atoms with van der Waals surface area (Å²) in [4.78, 5) is 40.7. The van der Waals surface area contributed by atoms with E-state index in [4.69, 9.17) is 4.74 Å². The van der Waals surface area contributed by atoms with Crippen LogP contribution < -0.4 is 10.6 Å². The van der Waals surface area contributed by atoms with Crippen molar-refractivity contribution in [2.45, 2.75) is 50.9 Å². The summed E-state index contributed by atoms with van der Waals surface area (Å²) in [6.07, 6.45) is 3.29. The summed E-state index contributed by atoms with van der Waals surface area (Å²) < 4.78 is 5.94. The number of carbonyl (C=O) groups is 3. The lowest BCUT2D eigenvalue weighted by Gasteiger charge is -2.37. The van der Waals surface area contributed by atoms with Crippen LogP contribution in [-0.2, 0) is 27.4 Å². The monoisotopic (exact) mass is 426 g/mol. The molecule has 0 bridgehead atoms. The molecule has 3 fully saturated rings. The number of ether oxygens (including phenoxy) is 1. The molecule has 1 aromatic rings. The summed E-state index contributed by atoms with van der Waals surface area (Å²) in [5, 5.41) is 5.78. The van der Waals surface area contributed by atoms with Gasteiger partial charge in [-0.25, -0.2) is 0 Å². The van der Waals surface area contributed by atoms with Crippen molar-refractivity contribution in [1.29, 1.82) is 0 Å². The van der Waals surface area contributed by atoms with E-state index in [-0.39, 0.29) is 24.1 Å². The summed E-state index contributed by atoms with van der Waals surface area (Å²) >= 11 is 0. The fraction of sp³-hybridized carbons (Fsp3) is 0.609. The van der Waals surface area contributed by atoms with Gasteiger partial charge in [0.25, 0.3) is 5.91 Å². The van der Waals surface area contributed by atoms with Gasteiger partial charge in [0.05, 0.1) is 12.7 Å². The minimum atomic E-state index is -0.559. The van der Waals surface area contributed by atoms with Crippen molar-refractivity contribution >= 4 is 17.7 Å². The van der Waals surface area contributed by atoms with E-state index in [1.807, 2.05) is 12.1 Å². The highest BCUT2D eigenvalue weighted by molar-refractivity contribution is 6.05. The lowest BCUT2D eigenvalue weighted by Crippen LogP contribution is -2.52. The van der Waals surface area contributed by atoms with Gasteiger partial charge in [-0.05, 0) is 55.5 Å². The van der Waals surface area contributed by atoms with Gasteiger partial charge in [-0.3, -0.25) is 24.6 Å². The Morgan fingerprint density at radius 1 is 1.10 bits per heavy atom. The smallest absolute Gasteiger partial charge is 0.255 e. The van der Waals surface area contributed by atoms with Gasteiger partial charge in [-0.2, -0.15) is 0 Å². The zero-order valence-electron chi connectivity index (χ0n) is 17.8. The molecule has 0 radical (unpaired) electrons. The summed E-state index contributed by atoms with van der Waals surface area (Å²) in [7, 11) is 0. The standard InChI is InChI=1S/C23H30N4O4/c28-21-4-3-19(22(29)25-21)27-14-17-2-1-15(11-18(17)23(27)30)13-26-8-5-16(6-9-26)20-12-24-7-10-31-20/h1-2,11,16,19-20,24H,3-10,12-14H2,(H,25,28,29). The minimum Gasteiger partial charge on any atom is -0.375 e. The second-order valence-corrected chi connectivity index (χ2v) is 9.12. The Hall–Kier alpha value is -2.29. The van der Waals surface area contributed by atoms with Crippen LogP contribution in [0.15, 0.2) is 18.2 Å². The Kier molecular flexibility index (Phi) is 5.77. The number of benzene rings is 1. The molecule has 3 saturated heterocycles. The van der Waals surface area contributed by atoms with Crippen molar-refractivity contribution in [3.63, 3.8) is 0 Å². The molecule has 31 heavy (non-hydrogen) atoms. The van der Waals surface area contributed by atoms with Crippen LogP contribution in [0, 0.1) is 5.92 Å². The van der Waals surface area contributed by atoms with Crippen LogP contribution >= 0.6 is 0 Å². The molecule has 8 heteroatoms. The van der Waals surface area contributed by atoms with Crippen LogP contribution in [0.25, 0.3) is 0 Å². The van der Waals surface area contributed by atoms with E-state index < -0.39 is 6.04 Å². The predicted molar refractivity (Wildman–Crippen MR) is 113 cm³/mol. The van der Waals surface area contributed by atoms with E-state index >= 15 is 0 Å². The van der Waals surface area contributed by atoms with Crippen molar-refractivity contribution in [3.8, 4) is 0 Å². The number of morpholine rings is 1. The Morgan fingerprint density at radius 3 is 2.68 bits per heavy atom. The summed E-state index contributed by atoms with van der Waals surface area (Å²) in [6.45, 7) is 6.06. The summed E-state index contributed by atoms with van der Waals surface area (Å²) in [6, 6.07) is 5.55. The highest BCUT2D eigenvalue weighted by atomic mass is 16.5. The number of amides is 3. The van der Waals surface area contributed by atoms with E-state index in [9.17, 15) is 14.4 Å². The van der Waals surface area contributed by atoms with Gasteiger partial charge in [0, 0.05) is 38.2 Å². The maximum atomic E-state index is 13.0. The fourth-order valence-corrected chi connectivity index (χ4v) is 5.33. The quantitative estimate of drug-likeness (QED) is 0.687. The maximum absolute atomic E-state index is 13.0. The minimum absolute atomic E-state index is 0.105. The first-order chi connectivity index (χ1) is 15.1. The first kappa shape index (κ1) is 20.6. The second-order valence-electron chi connectivity index (χ2n) is 9.12. The number of piperidine rings is 2. The number of rotatable bonds is 4. The summed E-state index contributed by atoms with van der Waals surface area (Å²) in [5.74, 6) is -0.111. The number of hydrogen-bond donors (Lipinski definition) is 2. The lowest BCUT2D eigenvalue weighted by atomic mass is 9.90. The molecule has 0 saturated carbocycles. The van der Waals surface area contributed by atoms with Crippen molar-refractivity contribution in [3.05, 3.63) is 34.9 Å². The number of nitrogens with zero attached hydrogens (tertiary/aromatic N) is 2. The summed E-state index contributed by atoms with van der Waals surface area (Å²) in [5.41, 5.74) is 2.78. The van der Waals surface area contributed by atoms with E-state index in [1.165, 1.54) is 0 Å². The van der Waals surface area contributed by atoms with E-state index in [0.29, 0.717) is 30.6 Å². The molecule has 0 aliphatic carbocycles. The Morgan fingerprint density at radius 2 is 1.94 bits per heavy atom. The van der Waals surface area contributed by atoms with Gasteiger partial charge in [0.15, 0.2) is 0 Å². The van der Waals surface area contributed by atoms with Gasteiger partial charge in [-0.15, -0.1) is 0 Å². The van der Waals surface area contributed by atoms with Crippen LogP contribution in [0.2, 0.25) is 0 Å². The molecular weight excluding hydrogens is 396 g/mol. The van der Waals surface area contributed by atoms with Gasteiger partial charge in [0.2, 0.25) is 11.8 Å². The van der Waals surface area contributed by atoms with E-state index in [0.717, 1.165) is 63.3 Å². The van der Waals surface area contributed by atoms with Crippen LogP contribution in [0.5, 0.6) is 0 Å². The number of likely N-dealkylation sites (tertiary alicyclic amines) is 1.